The molecule has 1 N–H and O–H groups in total. The lowest BCUT2D eigenvalue weighted by molar-refractivity contribution is 0.136. The maximum atomic E-state index is 12.3. The van der Waals surface area contributed by atoms with Crippen LogP contribution in [-0.2, 0) is 10.0 Å². The molecule has 1 saturated heterocycles. The third-order valence-corrected chi connectivity index (χ3v) is 6.13. The van der Waals surface area contributed by atoms with E-state index in [0.29, 0.717) is 23.4 Å². The van der Waals surface area contributed by atoms with Gasteiger partial charge in [0.05, 0.1) is 4.90 Å². The van der Waals surface area contributed by atoms with Gasteiger partial charge in [-0.2, -0.15) is 0 Å². The van der Waals surface area contributed by atoms with Crippen molar-refractivity contribution >= 4 is 10.0 Å². The molecule has 1 aliphatic rings. The largest absolute Gasteiger partial charge is 0.301 e. The average Bonchev–Trinajstić information content (AvgIpc) is 2.47. The summed E-state index contributed by atoms with van der Waals surface area (Å²) >= 11 is 0. The molecule has 4 nitrogen and oxygen atoms in total. The normalized spacial score (nSPS) is 20.5. The molecule has 1 aliphatic heterocycles. The highest BCUT2D eigenvalue weighted by molar-refractivity contribution is 7.89. The van der Waals surface area contributed by atoms with Gasteiger partial charge in [0.25, 0.3) is 0 Å². The van der Waals surface area contributed by atoms with Crippen LogP contribution < -0.4 is 4.72 Å². The number of piperidine rings is 1. The molecule has 0 saturated carbocycles. The van der Waals surface area contributed by atoms with Crippen molar-refractivity contribution in [1.82, 2.24) is 9.62 Å². The number of sulfonamides is 1. The minimum atomic E-state index is -3.39. The van der Waals surface area contributed by atoms with Crippen molar-refractivity contribution in [1.29, 1.82) is 0 Å². The molecule has 5 heteroatoms. The molecule has 0 aliphatic carbocycles. The Morgan fingerprint density at radius 3 is 2.73 bits per heavy atom. The highest BCUT2D eigenvalue weighted by Gasteiger charge is 2.22. The molecule has 1 heterocycles. The first kappa shape index (κ1) is 17.4. The second-order valence-electron chi connectivity index (χ2n) is 6.55. The third-order valence-electron chi connectivity index (χ3n) is 4.51. The zero-order chi connectivity index (χ0) is 16.2. The zero-order valence-corrected chi connectivity index (χ0v) is 14.7. The summed E-state index contributed by atoms with van der Waals surface area (Å²) in [6, 6.07) is 7.70. The van der Waals surface area contributed by atoms with Crippen LogP contribution in [0.4, 0.5) is 0 Å². The number of nitrogens with one attached hydrogen (secondary N) is 1. The van der Waals surface area contributed by atoms with E-state index < -0.39 is 10.0 Å². The Morgan fingerprint density at radius 1 is 1.32 bits per heavy atom. The van der Waals surface area contributed by atoms with E-state index in [1.165, 1.54) is 19.4 Å². The molecule has 0 aromatic heterocycles. The van der Waals surface area contributed by atoms with Crippen LogP contribution >= 0.6 is 0 Å². The standard InChI is InChI=1S/C17H28N2O2S/c1-14(2)19-12-6-8-16(13-19)10-11-18-22(20,21)17-9-5-4-7-15(17)3/h4-5,7,9,14,16,18H,6,8,10-13H2,1-3H3/t16-/m1/s1. The molecule has 2 rings (SSSR count). The van der Waals surface area contributed by atoms with Gasteiger partial charge in [0.15, 0.2) is 0 Å². The van der Waals surface area contributed by atoms with E-state index in [1.54, 1.807) is 12.1 Å². The molecule has 0 amide bonds. The molecule has 0 bridgehead atoms. The van der Waals surface area contributed by atoms with Crippen LogP contribution in [0.1, 0.15) is 38.7 Å². The van der Waals surface area contributed by atoms with E-state index in [4.69, 9.17) is 0 Å². The Morgan fingerprint density at radius 2 is 2.05 bits per heavy atom. The Hall–Kier alpha value is -0.910. The summed E-state index contributed by atoms with van der Waals surface area (Å²) in [5.41, 5.74) is 0.790. The van der Waals surface area contributed by atoms with Gasteiger partial charge in [0, 0.05) is 19.1 Å². The fourth-order valence-electron chi connectivity index (χ4n) is 3.14. The van der Waals surface area contributed by atoms with Crippen LogP contribution in [0.3, 0.4) is 0 Å². The van der Waals surface area contributed by atoms with E-state index in [1.807, 2.05) is 19.1 Å². The minimum Gasteiger partial charge on any atom is -0.301 e. The van der Waals surface area contributed by atoms with Gasteiger partial charge in [0.1, 0.15) is 0 Å². The van der Waals surface area contributed by atoms with Gasteiger partial charge in [-0.1, -0.05) is 18.2 Å². The van der Waals surface area contributed by atoms with Gasteiger partial charge in [-0.25, -0.2) is 13.1 Å². The van der Waals surface area contributed by atoms with Crippen molar-refractivity contribution in [3.8, 4) is 0 Å². The van der Waals surface area contributed by atoms with Crippen LogP contribution in [0.25, 0.3) is 0 Å². The lowest BCUT2D eigenvalue weighted by Crippen LogP contribution is -2.40. The molecule has 22 heavy (non-hydrogen) atoms. The molecular weight excluding hydrogens is 296 g/mol. The van der Waals surface area contributed by atoms with Crippen molar-refractivity contribution < 1.29 is 8.42 Å². The number of rotatable bonds is 6. The van der Waals surface area contributed by atoms with E-state index in [0.717, 1.165) is 18.5 Å². The number of hydrogen-bond donors (Lipinski definition) is 1. The molecule has 1 aromatic rings. The zero-order valence-electron chi connectivity index (χ0n) is 13.9. The summed E-state index contributed by atoms with van der Waals surface area (Å²) in [4.78, 5) is 2.88. The topological polar surface area (TPSA) is 49.4 Å². The van der Waals surface area contributed by atoms with Gasteiger partial charge in [-0.15, -0.1) is 0 Å². The van der Waals surface area contributed by atoms with E-state index in [2.05, 4.69) is 23.5 Å². The minimum absolute atomic E-state index is 0.391. The maximum absolute atomic E-state index is 12.3. The van der Waals surface area contributed by atoms with Gasteiger partial charge in [-0.05, 0) is 64.1 Å². The average molecular weight is 324 g/mol. The van der Waals surface area contributed by atoms with Crippen molar-refractivity contribution in [2.45, 2.75) is 51.0 Å². The number of hydrogen-bond acceptors (Lipinski definition) is 3. The second kappa shape index (κ2) is 7.57. The first-order valence-electron chi connectivity index (χ1n) is 8.19. The van der Waals surface area contributed by atoms with Crippen molar-refractivity contribution in [2.75, 3.05) is 19.6 Å². The van der Waals surface area contributed by atoms with Crippen molar-refractivity contribution in [3.63, 3.8) is 0 Å². The van der Waals surface area contributed by atoms with Crippen molar-refractivity contribution in [2.24, 2.45) is 5.92 Å². The first-order valence-corrected chi connectivity index (χ1v) is 9.68. The summed E-state index contributed by atoms with van der Waals surface area (Å²) in [7, 11) is -3.39. The summed E-state index contributed by atoms with van der Waals surface area (Å²) in [6.45, 7) is 9.06. The Kier molecular flexibility index (Phi) is 6.01. The SMILES string of the molecule is Cc1ccccc1S(=O)(=O)NCC[C@H]1CCCN(C(C)C)C1. The number of benzene rings is 1. The van der Waals surface area contributed by atoms with E-state index in [-0.39, 0.29) is 0 Å². The molecule has 0 spiro atoms. The molecular formula is C17H28N2O2S. The fourth-order valence-corrected chi connectivity index (χ4v) is 4.43. The molecule has 1 aromatic carbocycles. The number of aryl methyl sites for hydroxylation is 1. The van der Waals surface area contributed by atoms with E-state index >= 15 is 0 Å². The molecule has 0 radical (unpaired) electrons. The third kappa shape index (κ3) is 4.54. The predicted molar refractivity (Wildman–Crippen MR) is 90.4 cm³/mol. The first-order chi connectivity index (χ1) is 10.4. The maximum Gasteiger partial charge on any atom is 0.240 e. The monoisotopic (exact) mass is 324 g/mol. The number of nitrogens with zero attached hydrogens (tertiary/aromatic N) is 1. The Bertz CT molecular complexity index is 584. The van der Waals surface area contributed by atoms with Crippen molar-refractivity contribution in [3.05, 3.63) is 29.8 Å². The Labute approximate surface area is 135 Å². The van der Waals surface area contributed by atoms with Gasteiger partial charge in [-0.3, -0.25) is 0 Å². The highest BCUT2D eigenvalue weighted by atomic mass is 32.2. The molecule has 0 unspecified atom stereocenters. The van der Waals surface area contributed by atoms with Gasteiger partial charge >= 0.3 is 0 Å². The van der Waals surface area contributed by atoms with Crippen LogP contribution in [-0.4, -0.2) is 39.0 Å². The lowest BCUT2D eigenvalue weighted by Gasteiger charge is -2.35. The lowest BCUT2D eigenvalue weighted by atomic mass is 9.94. The summed E-state index contributed by atoms with van der Waals surface area (Å²) < 4.78 is 27.5. The predicted octanol–water partition coefficient (Wildman–Crippen LogP) is 2.78. The highest BCUT2D eigenvalue weighted by Crippen LogP contribution is 2.21. The summed E-state index contributed by atoms with van der Waals surface area (Å²) in [5, 5.41) is 0. The van der Waals surface area contributed by atoms with Crippen LogP contribution in [0.15, 0.2) is 29.2 Å². The van der Waals surface area contributed by atoms with Gasteiger partial charge in [0.2, 0.25) is 10.0 Å². The van der Waals surface area contributed by atoms with Crippen LogP contribution in [0, 0.1) is 12.8 Å². The summed E-state index contributed by atoms with van der Waals surface area (Å²) in [5.74, 6) is 0.593. The van der Waals surface area contributed by atoms with Crippen LogP contribution in [0.5, 0.6) is 0 Å². The summed E-state index contributed by atoms with van der Waals surface area (Å²) in [6.07, 6.45) is 3.33. The molecule has 124 valence electrons. The molecule has 1 fully saturated rings. The Balaban J connectivity index is 1.87. The van der Waals surface area contributed by atoms with Crippen LogP contribution in [0.2, 0.25) is 0 Å². The molecule has 1 atom stereocenters. The fraction of sp³-hybridized carbons (Fsp3) is 0.647. The van der Waals surface area contributed by atoms with E-state index in [9.17, 15) is 8.42 Å². The van der Waals surface area contributed by atoms with Gasteiger partial charge < -0.3 is 4.90 Å². The smallest absolute Gasteiger partial charge is 0.240 e. The second-order valence-corrected chi connectivity index (χ2v) is 8.28. The number of likely N-dealkylation sites (tertiary alicyclic amines) is 1. The quantitative estimate of drug-likeness (QED) is 0.875.